The summed E-state index contributed by atoms with van der Waals surface area (Å²) in [5.41, 5.74) is 1.24. The highest BCUT2D eigenvalue weighted by Crippen LogP contribution is 2.35. The van der Waals surface area contributed by atoms with Crippen molar-refractivity contribution >= 4 is 0 Å². The zero-order valence-electron chi connectivity index (χ0n) is 8.44. The summed E-state index contributed by atoms with van der Waals surface area (Å²) in [6.45, 7) is 0. The molecule has 0 amide bonds. The van der Waals surface area contributed by atoms with Gasteiger partial charge in [0.25, 0.3) is 0 Å². The zero-order valence-corrected chi connectivity index (χ0v) is 8.44. The van der Waals surface area contributed by atoms with Crippen molar-refractivity contribution in [1.29, 1.82) is 0 Å². The molecule has 0 saturated heterocycles. The zero-order chi connectivity index (χ0) is 9.97. The average molecular weight is 192 g/mol. The van der Waals surface area contributed by atoms with Crippen molar-refractivity contribution < 1.29 is 9.84 Å². The minimum atomic E-state index is 0.328. The van der Waals surface area contributed by atoms with Crippen LogP contribution in [-0.2, 0) is 11.2 Å². The molecule has 1 aliphatic carbocycles. The maximum Gasteiger partial charge on any atom is 0.115 e. The molecular formula is C12H16O2. The predicted molar refractivity (Wildman–Crippen MR) is 55.3 cm³/mol. The third kappa shape index (κ3) is 2.26. The molecule has 2 nitrogen and oxygen atoms in total. The lowest BCUT2D eigenvalue weighted by atomic mass is 10.0. The molecule has 2 heteroatoms. The van der Waals surface area contributed by atoms with E-state index in [0.29, 0.717) is 11.9 Å². The lowest BCUT2D eigenvalue weighted by Gasteiger charge is -2.14. The number of hydrogen-bond donors (Lipinski definition) is 1. The molecule has 1 aromatic carbocycles. The molecule has 1 atom stereocenters. The van der Waals surface area contributed by atoms with E-state index in [9.17, 15) is 0 Å². The molecule has 76 valence electrons. The third-order valence-electron chi connectivity index (χ3n) is 2.82. The highest BCUT2D eigenvalue weighted by Gasteiger charge is 2.31. The number of phenols is 1. The molecule has 0 radical (unpaired) electrons. The molecule has 1 fully saturated rings. The number of rotatable bonds is 4. The van der Waals surface area contributed by atoms with Crippen molar-refractivity contribution in [3.63, 3.8) is 0 Å². The Bertz CT molecular complexity index is 288. The quantitative estimate of drug-likeness (QED) is 0.793. The Morgan fingerprint density at radius 1 is 1.36 bits per heavy atom. The van der Waals surface area contributed by atoms with Gasteiger partial charge in [0.05, 0.1) is 6.10 Å². The minimum absolute atomic E-state index is 0.328. The van der Waals surface area contributed by atoms with Gasteiger partial charge in [0.2, 0.25) is 0 Å². The fourth-order valence-corrected chi connectivity index (χ4v) is 1.77. The largest absolute Gasteiger partial charge is 0.508 e. The van der Waals surface area contributed by atoms with E-state index in [1.165, 1.54) is 18.4 Å². The Labute approximate surface area is 84.5 Å². The van der Waals surface area contributed by atoms with Crippen LogP contribution in [0, 0.1) is 5.92 Å². The molecular weight excluding hydrogens is 176 g/mol. The molecule has 1 N–H and O–H groups in total. The topological polar surface area (TPSA) is 29.5 Å². The van der Waals surface area contributed by atoms with E-state index in [1.54, 1.807) is 19.2 Å². The van der Waals surface area contributed by atoms with Crippen LogP contribution in [0.15, 0.2) is 24.3 Å². The summed E-state index contributed by atoms with van der Waals surface area (Å²) in [6.07, 6.45) is 3.92. The van der Waals surface area contributed by atoms with Gasteiger partial charge in [-0.05, 0) is 42.9 Å². The SMILES string of the molecule is COC(Cc1ccc(O)cc1)C1CC1. The maximum atomic E-state index is 9.14. The molecule has 0 heterocycles. The van der Waals surface area contributed by atoms with Gasteiger partial charge in [-0.1, -0.05) is 12.1 Å². The van der Waals surface area contributed by atoms with Gasteiger partial charge in [0, 0.05) is 7.11 Å². The van der Waals surface area contributed by atoms with Crippen molar-refractivity contribution in [1.82, 2.24) is 0 Å². The number of methoxy groups -OCH3 is 1. The molecule has 1 aliphatic rings. The number of hydrogen-bond acceptors (Lipinski definition) is 2. The smallest absolute Gasteiger partial charge is 0.115 e. The fourth-order valence-electron chi connectivity index (χ4n) is 1.77. The highest BCUT2D eigenvalue weighted by atomic mass is 16.5. The second-order valence-electron chi connectivity index (χ2n) is 3.98. The second-order valence-corrected chi connectivity index (χ2v) is 3.98. The van der Waals surface area contributed by atoms with E-state index in [-0.39, 0.29) is 0 Å². The first-order chi connectivity index (χ1) is 6.79. The number of ether oxygens (including phenoxy) is 1. The van der Waals surface area contributed by atoms with Gasteiger partial charge < -0.3 is 9.84 Å². The van der Waals surface area contributed by atoms with Gasteiger partial charge in [0.15, 0.2) is 0 Å². The highest BCUT2D eigenvalue weighted by molar-refractivity contribution is 5.26. The predicted octanol–water partition coefficient (Wildman–Crippen LogP) is 2.36. The van der Waals surface area contributed by atoms with Crippen molar-refractivity contribution in [2.75, 3.05) is 7.11 Å². The van der Waals surface area contributed by atoms with Crippen LogP contribution in [-0.4, -0.2) is 18.3 Å². The third-order valence-corrected chi connectivity index (χ3v) is 2.82. The van der Waals surface area contributed by atoms with E-state index in [2.05, 4.69) is 0 Å². The number of aromatic hydroxyl groups is 1. The van der Waals surface area contributed by atoms with E-state index in [1.807, 2.05) is 12.1 Å². The first kappa shape index (κ1) is 9.53. The summed E-state index contributed by atoms with van der Waals surface area (Å²) in [4.78, 5) is 0. The second kappa shape index (κ2) is 4.01. The molecule has 0 bridgehead atoms. The minimum Gasteiger partial charge on any atom is -0.508 e. The van der Waals surface area contributed by atoms with E-state index in [4.69, 9.17) is 9.84 Å². The van der Waals surface area contributed by atoms with Crippen LogP contribution in [0.3, 0.4) is 0 Å². The van der Waals surface area contributed by atoms with Crippen LogP contribution in [0.5, 0.6) is 5.75 Å². The van der Waals surface area contributed by atoms with Gasteiger partial charge in [-0.2, -0.15) is 0 Å². The van der Waals surface area contributed by atoms with Crippen molar-refractivity contribution in [3.8, 4) is 5.75 Å². The van der Waals surface area contributed by atoms with Crippen molar-refractivity contribution in [3.05, 3.63) is 29.8 Å². The summed E-state index contributed by atoms with van der Waals surface area (Å²) in [6, 6.07) is 7.39. The first-order valence-corrected chi connectivity index (χ1v) is 5.10. The van der Waals surface area contributed by atoms with Gasteiger partial charge in [-0.3, -0.25) is 0 Å². The van der Waals surface area contributed by atoms with Gasteiger partial charge in [0.1, 0.15) is 5.75 Å². The summed E-state index contributed by atoms with van der Waals surface area (Å²) in [5, 5.41) is 9.14. The maximum absolute atomic E-state index is 9.14. The van der Waals surface area contributed by atoms with E-state index in [0.717, 1.165) is 12.3 Å². The van der Waals surface area contributed by atoms with Crippen molar-refractivity contribution in [2.45, 2.75) is 25.4 Å². The molecule has 1 saturated carbocycles. The fraction of sp³-hybridized carbons (Fsp3) is 0.500. The Balaban J connectivity index is 1.98. The van der Waals surface area contributed by atoms with Crippen LogP contribution < -0.4 is 0 Å². The summed E-state index contributed by atoms with van der Waals surface area (Å²) in [7, 11) is 1.78. The van der Waals surface area contributed by atoms with Crippen molar-refractivity contribution in [2.24, 2.45) is 5.92 Å². The average Bonchev–Trinajstić information content (AvgIpc) is 3.01. The van der Waals surface area contributed by atoms with Crippen LogP contribution >= 0.6 is 0 Å². The van der Waals surface area contributed by atoms with Crippen LogP contribution in [0.2, 0.25) is 0 Å². The van der Waals surface area contributed by atoms with Crippen LogP contribution in [0.25, 0.3) is 0 Å². The number of benzene rings is 1. The summed E-state index contributed by atoms with van der Waals surface area (Å²) >= 11 is 0. The lowest BCUT2D eigenvalue weighted by Crippen LogP contribution is -2.16. The van der Waals surface area contributed by atoms with Crippen LogP contribution in [0.1, 0.15) is 18.4 Å². The Hall–Kier alpha value is -1.02. The van der Waals surface area contributed by atoms with Gasteiger partial charge >= 0.3 is 0 Å². The van der Waals surface area contributed by atoms with Gasteiger partial charge in [-0.15, -0.1) is 0 Å². The molecule has 1 aromatic rings. The molecule has 14 heavy (non-hydrogen) atoms. The summed E-state index contributed by atoms with van der Waals surface area (Å²) in [5.74, 6) is 1.09. The monoisotopic (exact) mass is 192 g/mol. The molecule has 0 aromatic heterocycles. The normalized spacial score (nSPS) is 18.1. The lowest BCUT2D eigenvalue weighted by molar-refractivity contribution is 0.0848. The van der Waals surface area contributed by atoms with E-state index < -0.39 is 0 Å². The Morgan fingerprint density at radius 2 is 2.00 bits per heavy atom. The molecule has 1 unspecified atom stereocenters. The van der Waals surface area contributed by atoms with Gasteiger partial charge in [-0.25, -0.2) is 0 Å². The Kier molecular flexibility index (Phi) is 2.73. The first-order valence-electron chi connectivity index (χ1n) is 5.10. The summed E-state index contributed by atoms with van der Waals surface area (Å²) < 4.78 is 5.45. The van der Waals surface area contributed by atoms with Crippen LogP contribution in [0.4, 0.5) is 0 Å². The molecule has 0 spiro atoms. The molecule has 2 rings (SSSR count). The Morgan fingerprint density at radius 3 is 2.50 bits per heavy atom. The molecule has 0 aliphatic heterocycles. The standard InChI is InChI=1S/C12H16O2/c1-14-12(10-4-5-10)8-9-2-6-11(13)7-3-9/h2-3,6-7,10,12-13H,4-5,8H2,1H3. The number of phenolic OH excluding ortho intramolecular Hbond substituents is 1. The van der Waals surface area contributed by atoms with E-state index >= 15 is 0 Å².